The smallest absolute Gasteiger partial charge is 0.254 e. The molecule has 2 rings (SSSR count). The first-order valence-electron chi connectivity index (χ1n) is 5.85. The average molecular weight is 333 g/mol. The van der Waals surface area contributed by atoms with E-state index in [4.69, 9.17) is 11.6 Å². The maximum Gasteiger partial charge on any atom is 0.254 e. The molecule has 0 saturated carbocycles. The van der Waals surface area contributed by atoms with Crippen molar-refractivity contribution in [3.8, 4) is 0 Å². The molecule has 1 saturated heterocycles. The van der Waals surface area contributed by atoms with Crippen LogP contribution in [-0.2, 0) is 0 Å². The monoisotopic (exact) mass is 331 g/mol. The number of carbonyl (C=O) groups is 1. The Bertz CT molecular complexity index is 456. The van der Waals surface area contributed by atoms with E-state index in [0.717, 1.165) is 17.3 Å². The molecule has 1 aliphatic heterocycles. The van der Waals surface area contributed by atoms with Gasteiger partial charge in [-0.2, -0.15) is 0 Å². The summed E-state index contributed by atoms with van der Waals surface area (Å²) in [5.74, 6) is -0.0850. The molecule has 1 atom stereocenters. The second kappa shape index (κ2) is 5.19. The van der Waals surface area contributed by atoms with Crippen LogP contribution in [0.2, 0.25) is 5.02 Å². The van der Waals surface area contributed by atoms with Crippen molar-refractivity contribution in [2.45, 2.75) is 25.4 Å². The van der Waals surface area contributed by atoms with E-state index in [1.54, 1.807) is 30.0 Å². The van der Waals surface area contributed by atoms with Gasteiger partial charge in [-0.1, -0.05) is 27.5 Å². The molecule has 5 heteroatoms. The van der Waals surface area contributed by atoms with E-state index in [2.05, 4.69) is 15.9 Å². The van der Waals surface area contributed by atoms with Gasteiger partial charge in [0.15, 0.2) is 0 Å². The molecule has 0 radical (unpaired) electrons. The number of aliphatic hydroxyl groups is 1. The van der Waals surface area contributed by atoms with Crippen molar-refractivity contribution in [3.05, 3.63) is 33.3 Å². The number of amides is 1. The van der Waals surface area contributed by atoms with Gasteiger partial charge in [0.2, 0.25) is 0 Å². The molecular formula is C13H15BrClNO2. The van der Waals surface area contributed by atoms with Gasteiger partial charge in [0.05, 0.1) is 5.60 Å². The van der Waals surface area contributed by atoms with Gasteiger partial charge in [-0.25, -0.2) is 0 Å². The number of hydrogen-bond acceptors (Lipinski definition) is 2. The minimum atomic E-state index is -0.788. The lowest BCUT2D eigenvalue weighted by Gasteiger charge is -2.36. The van der Waals surface area contributed by atoms with Crippen LogP contribution in [0, 0.1) is 0 Å². The van der Waals surface area contributed by atoms with Crippen molar-refractivity contribution in [1.29, 1.82) is 0 Å². The molecule has 1 N–H and O–H groups in total. The van der Waals surface area contributed by atoms with Crippen molar-refractivity contribution in [1.82, 2.24) is 4.90 Å². The number of carbonyl (C=O) groups excluding carboxylic acids is 1. The molecule has 0 aliphatic carbocycles. The predicted molar refractivity (Wildman–Crippen MR) is 74.9 cm³/mol. The topological polar surface area (TPSA) is 40.5 Å². The third-order valence-corrected chi connectivity index (χ3v) is 3.75. The molecule has 1 amide bonds. The molecule has 1 fully saturated rings. The highest BCUT2D eigenvalue weighted by molar-refractivity contribution is 9.10. The quantitative estimate of drug-likeness (QED) is 0.858. The van der Waals surface area contributed by atoms with E-state index < -0.39 is 5.60 Å². The molecule has 18 heavy (non-hydrogen) atoms. The Morgan fingerprint density at radius 3 is 2.83 bits per heavy atom. The molecule has 0 aromatic heterocycles. The Balaban J connectivity index is 2.20. The van der Waals surface area contributed by atoms with Crippen molar-refractivity contribution < 1.29 is 9.90 Å². The van der Waals surface area contributed by atoms with Gasteiger partial charge < -0.3 is 10.0 Å². The summed E-state index contributed by atoms with van der Waals surface area (Å²) in [6.07, 6.45) is 1.55. The second-order valence-corrected chi connectivity index (χ2v) is 6.34. The fourth-order valence-electron chi connectivity index (χ4n) is 2.25. The van der Waals surface area contributed by atoms with E-state index in [0.29, 0.717) is 23.7 Å². The van der Waals surface area contributed by atoms with E-state index in [-0.39, 0.29) is 5.91 Å². The fourth-order valence-corrected chi connectivity index (χ4v) is 3.11. The summed E-state index contributed by atoms with van der Waals surface area (Å²) in [5.41, 5.74) is -0.240. The zero-order chi connectivity index (χ0) is 13.3. The van der Waals surface area contributed by atoms with Crippen LogP contribution < -0.4 is 0 Å². The summed E-state index contributed by atoms with van der Waals surface area (Å²) >= 11 is 9.26. The molecule has 1 aromatic carbocycles. The molecule has 1 heterocycles. The van der Waals surface area contributed by atoms with Gasteiger partial charge in [0, 0.05) is 28.1 Å². The summed E-state index contributed by atoms with van der Waals surface area (Å²) in [5, 5.41) is 10.5. The van der Waals surface area contributed by atoms with E-state index in [1.807, 2.05) is 0 Å². The summed E-state index contributed by atoms with van der Waals surface area (Å²) < 4.78 is 0.780. The maximum absolute atomic E-state index is 12.3. The van der Waals surface area contributed by atoms with Crippen LogP contribution in [0.1, 0.15) is 30.1 Å². The molecular weight excluding hydrogens is 318 g/mol. The number of hydrogen-bond donors (Lipinski definition) is 1. The largest absolute Gasteiger partial charge is 0.388 e. The van der Waals surface area contributed by atoms with Crippen LogP contribution >= 0.6 is 27.5 Å². The van der Waals surface area contributed by atoms with Crippen LogP contribution in [0.3, 0.4) is 0 Å². The van der Waals surface area contributed by atoms with Crippen molar-refractivity contribution in [3.63, 3.8) is 0 Å². The van der Waals surface area contributed by atoms with Crippen LogP contribution in [-0.4, -0.2) is 34.6 Å². The lowest BCUT2D eigenvalue weighted by Crippen LogP contribution is -2.48. The number of halogens is 2. The lowest BCUT2D eigenvalue weighted by atomic mass is 9.94. The van der Waals surface area contributed by atoms with Gasteiger partial charge in [-0.05, 0) is 38.0 Å². The fraction of sp³-hybridized carbons (Fsp3) is 0.462. The summed E-state index contributed by atoms with van der Waals surface area (Å²) in [6, 6.07) is 5.14. The van der Waals surface area contributed by atoms with Gasteiger partial charge in [0.25, 0.3) is 5.91 Å². The summed E-state index contributed by atoms with van der Waals surface area (Å²) in [6.45, 7) is 2.81. The highest BCUT2D eigenvalue weighted by atomic mass is 79.9. The zero-order valence-electron chi connectivity index (χ0n) is 10.1. The van der Waals surface area contributed by atoms with Crippen molar-refractivity contribution in [2.75, 3.05) is 13.1 Å². The molecule has 1 unspecified atom stereocenters. The number of likely N-dealkylation sites (tertiary alicyclic amines) is 1. The highest BCUT2D eigenvalue weighted by Crippen LogP contribution is 2.24. The Kier molecular flexibility index (Phi) is 3.99. The number of rotatable bonds is 1. The van der Waals surface area contributed by atoms with Crippen molar-refractivity contribution >= 4 is 33.4 Å². The number of nitrogens with zero attached hydrogens (tertiary/aromatic N) is 1. The minimum absolute atomic E-state index is 0.0850. The standard InChI is InChI=1S/C13H15BrClNO2/c1-13(18)3-2-4-16(8-13)12(17)9-5-10(14)7-11(15)6-9/h5-7,18H,2-4,8H2,1H3. The Hall–Kier alpha value is -0.580. The maximum atomic E-state index is 12.3. The number of piperidine rings is 1. The highest BCUT2D eigenvalue weighted by Gasteiger charge is 2.31. The Morgan fingerprint density at radius 2 is 2.22 bits per heavy atom. The SMILES string of the molecule is CC1(O)CCCN(C(=O)c2cc(Cl)cc(Br)c2)C1. The normalized spacial score (nSPS) is 24.1. The molecule has 1 aliphatic rings. The van der Waals surface area contributed by atoms with Crippen LogP contribution in [0.15, 0.2) is 22.7 Å². The van der Waals surface area contributed by atoms with E-state index in [1.165, 1.54) is 0 Å². The summed E-state index contributed by atoms with van der Waals surface area (Å²) in [7, 11) is 0. The average Bonchev–Trinajstić information content (AvgIpc) is 2.25. The molecule has 1 aromatic rings. The summed E-state index contributed by atoms with van der Waals surface area (Å²) in [4.78, 5) is 14.0. The molecule has 98 valence electrons. The Labute approximate surface area is 120 Å². The van der Waals surface area contributed by atoms with E-state index in [9.17, 15) is 9.90 Å². The third kappa shape index (κ3) is 3.25. The molecule has 0 spiro atoms. The second-order valence-electron chi connectivity index (χ2n) is 4.99. The molecule has 3 nitrogen and oxygen atoms in total. The first-order chi connectivity index (χ1) is 8.37. The van der Waals surface area contributed by atoms with Gasteiger partial charge in [0.1, 0.15) is 0 Å². The van der Waals surface area contributed by atoms with Crippen LogP contribution in [0.4, 0.5) is 0 Å². The van der Waals surface area contributed by atoms with E-state index >= 15 is 0 Å². The number of β-amino-alcohol motifs (C(OH)–C–C–N with tert-alkyl or cyclic N) is 1. The van der Waals surface area contributed by atoms with Crippen LogP contribution in [0.5, 0.6) is 0 Å². The van der Waals surface area contributed by atoms with Crippen LogP contribution in [0.25, 0.3) is 0 Å². The first kappa shape index (κ1) is 13.8. The van der Waals surface area contributed by atoms with Gasteiger partial charge >= 0.3 is 0 Å². The first-order valence-corrected chi connectivity index (χ1v) is 7.02. The number of benzene rings is 1. The van der Waals surface area contributed by atoms with Gasteiger partial charge in [-0.15, -0.1) is 0 Å². The lowest BCUT2D eigenvalue weighted by molar-refractivity contribution is -0.0107. The third-order valence-electron chi connectivity index (χ3n) is 3.07. The predicted octanol–water partition coefficient (Wildman–Crippen LogP) is 3.09. The molecule has 0 bridgehead atoms. The van der Waals surface area contributed by atoms with Crippen molar-refractivity contribution in [2.24, 2.45) is 0 Å². The van der Waals surface area contributed by atoms with Gasteiger partial charge in [-0.3, -0.25) is 4.79 Å². The zero-order valence-corrected chi connectivity index (χ0v) is 12.5. The Morgan fingerprint density at radius 1 is 1.50 bits per heavy atom. The minimum Gasteiger partial charge on any atom is -0.388 e.